The van der Waals surface area contributed by atoms with Gasteiger partial charge in [-0.2, -0.15) is 0 Å². The highest BCUT2D eigenvalue weighted by molar-refractivity contribution is 6.01. The summed E-state index contributed by atoms with van der Waals surface area (Å²) in [6, 6.07) is 4.12. The SMILES string of the molecule is CCOC(=O)C1(C(=O)OCC)Cc2cc(C)c(C)cc2C1. The zero-order valence-electron chi connectivity index (χ0n) is 13.1. The molecule has 1 aliphatic carbocycles. The Morgan fingerprint density at radius 3 is 1.67 bits per heavy atom. The van der Waals surface area contributed by atoms with E-state index in [0.717, 1.165) is 22.3 Å². The zero-order chi connectivity index (χ0) is 15.6. The van der Waals surface area contributed by atoms with E-state index in [1.54, 1.807) is 13.8 Å². The van der Waals surface area contributed by atoms with Crippen molar-refractivity contribution in [1.82, 2.24) is 0 Å². The predicted octanol–water partition coefficient (Wildman–Crippen LogP) is 2.51. The molecule has 0 unspecified atom stereocenters. The third-order valence-electron chi connectivity index (χ3n) is 4.13. The van der Waals surface area contributed by atoms with Gasteiger partial charge in [0.1, 0.15) is 0 Å². The summed E-state index contributed by atoms with van der Waals surface area (Å²) in [5.41, 5.74) is 3.20. The first-order chi connectivity index (χ1) is 9.94. The second kappa shape index (κ2) is 5.88. The Morgan fingerprint density at radius 2 is 1.33 bits per heavy atom. The summed E-state index contributed by atoms with van der Waals surface area (Å²) >= 11 is 0. The quantitative estimate of drug-likeness (QED) is 0.631. The number of carbonyl (C=O) groups excluding carboxylic acids is 2. The van der Waals surface area contributed by atoms with Crippen LogP contribution in [-0.4, -0.2) is 25.2 Å². The molecule has 0 saturated heterocycles. The summed E-state index contributed by atoms with van der Waals surface area (Å²) < 4.78 is 10.3. The first-order valence-electron chi connectivity index (χ1n) is 7.38. The summed E-state index contributed by atoms with van der Waals surface area (Å²) in [5.74, 6) is -0.954. The van der Waals surface area contributed by atoms with Gasteiger partial charge in [0.25, 0.3) is 0 Å². The van der Waals surface area contributed by atoms with Crippen molar-refractivity contribution in [3.8, 4) is 0 Å². The maximum absolute atomic E-state index is 12.4. The van der Waals surface area contributed by atoms with Gasteiger partial charge < -0.3 is 9.47 Å². The fourth-order valence-corrected chi connectivity index (χ4v) is 2.89. The smallest absolute Gasteiger partial charge is 0.324 e. The molecule has 1 aromatic carbocycles. The lowest BCUT2D eigenvalue weighted by atomic mass is 9.84. The normalized spacial score (nSPS) is 15.4. The molecule has 0 aliphatic heterocycles. The number of hydrogen-bond acceptors (Lipinski definition) is 4. The lowest BCUT2D eigenvalue weighted by Crippen LogP contribution is -2.43. The molecule has 0 fully saturated rings. The molecule has 21 heavy (non-hydrogen) atoms. The molecule has 0 spiro atoms. The van der Waals surface area contributed by atoms with Crippen LogP contribution in [-0.2, 0) is 31.9 Å². The first-order valence-corrected chi connectivity index (χ1v) is 7.38. The van der Waals surface area contributed by atoms with E-state index in [1.165, 1.54) is 0 Å². The van der Waals surface area contributed by atoms with Gasteiger partial charge in [0, 0.05) is 0 Å². The van der Waals surface area contributed by atoms with E-state index in [2.05, 4.69) is 12.1 Å². The summed E-state index contributed by atoms with van der Waals surface area (Å²) in [4.78, 5) is 24.8. The molecule has 0 radical (unpaired) electrons. The van der Waals surface area contributed by atoms with Crippen LogP contribution in [0.3, 0.4) is 0 Å². The number of rotatable bonds is 4. The van der Waals surface area contributed by atoms with Crippen molar-refractivity contribution in [1.29, 1.82) is 0 Å². The lowest BCUT2D eigenvalue weighted by molar-refractivity contribution is -0.171. The van der Waals surface area contributed by atoms with E-state index in [9.17, 15) is 9.59 Å². The molecule has 4 heteroatoms. The van der Waals surface area contributed by atoms with Crippen molar-refractivity contribution < 1.29 is 19.1 Å². The van der Waals surface area contributed by atoms with E-state index in [4.69, 9.17) is 9.47 Å². The maximum atomic E-state index is 12.4. The Kier molecular flexibility index (Phi) is 4.35. The van der Waals surface area contributed by atoms with E-state index in [-0.39, 0.29) is 13.2 Å². The van der Waals surface area contributed by atoms with Crippen molar-refractivity contribution in [2.75, 3.05) is 13.2 Å². The number of carbonyl (C=O) groups is 2. The zero-order valence-corrected chi connectivity index (χ0v) is 13.1. The molecular weight excluding hydrogens is 268 g/mol. The van der Waals surface area contributed by atoms with Gasteiger partial charge in [-0.3, -0.25) is 9.59 Å². The van der Waals surface area contributed by atoms with E-state index in [1.807, 2.05) is 13.8 Å². The minimum atomic E-state index is -1.21. The summed E-state index contributed by atoms with van der Waals surface area (Å²) in [5, 5.41) is 0. The van der Waals surface area contributed by atoms with Crippen LogP contribution >= 0.6 is 0 Å². The molecule has 0 N–H and O–H groups in total. The Labute approximate surface area is 125 Å². The largest absolute Gasteiger partial charge is 0.465 e. The first kappa shape index (κ1) is 15.5. The van der Waals surface area contributed by atoms with Crippen LogP contribution in [0.15, 0.2) is 12.1 Å². The molecule has 0 saturated carbocycles. The molecule has 0 heterocycles. The number of aryl methyl sites for hydroxylation is 2. The third kappa shape index (κ3) is 2.67. The van der Waals surface area contributed by atoms with Gasteiger partial charge >= 0.3 is 11.9 Å². The number of benzene rings is 1. The van der Waals surface area contributed by atoms with Crippen molar-refractivity contribution >= 4 is 11.9 Å². The average molecular weight is 290 g/mol. The lowest BCUT2D eigenvalue weighted by Gasteiger charge is -2.23. The molecule has 1 aliphatic rings. The fourth-order valence-electron chi connectivity index (χ4n) is 2.89. The maximum Gasteiger partial charge on any atom is 0.324 e. The monoisotopic (exact) mass is 290 g/mol. The number of esters is 2. The average Bonchev–Trinajstić information content (AvgIpc) is 2.80. The van der Waals surface area contributed by atoms with Gasteiger partial charge in [0.2, 0.25) is 0 Å². The topological polar surface area (TPSA) is 52.6 Å². The van der Waals surface area contributed by atoms with Gasteiger partial charge in [-0.05, 0) is 62.8 Å². The van der Waals surface area contributed by atoms with Gasteiger partial charge in [0.15, 0.2) is 5.41 Å². The number of hydrogen-bond donors (Lipinski definition) is 0. The van der Waals surface area contributed by atoms with Crippen molar-refractivity contribution in [3.63, 3.8) is 0 Å². The number of ether oxygens (including phenoxy) is 2. The van der Waals surface area contributed by atoms with E-state index < -0.39 is 17.4 Å². The van der Waals surface area contributed by atoms with E-state index in [0.29, 0.717) is 12.8 Å². The van der Waals surface area contributed by atoms with Crippen LogP contribution in [0.2, 0.25) is 0 Å². The second-order valence-electron chi connectivity index (χ2n) is 5.58. The van der Waals surface area contributed by atoms with Crippen molar-refractivity contribution in [2.24, 2.45) is 5.41 Å². The minimum absolute atomic E-state index is 0.258. The molecule has 4 nitrogen and oxygen atoms in total. The molecule has 114 valence electrons. The Morgan fingerprint density at radius 1 is 0.952 bits per heavy atom. The van der Waals surface area contributed by atoms with Crippen LogP contribution in [0.1, 0.15) is 36.1 Å². The fraction of sp³-hybridized carbons (Fsp3) is 0.529. The predicted molar refractivity (Wildman–Crippen MR) is 79.0 cm³/mol. The van der Waals surface area contributed by atoms with Gasteiger partial charge in [-0.1, -0.05) is 12.1 Å². The summed E-state index contributed by atoms with van der Waals surface area (Å²) in [6.07, 6.45) is 0.724. The Hall–Kier alpha value is -1.84. The summed E-state index contributed by atoms with van der Waals surface area (Å²) in [6.45, 7) is 8.07. The molecule has 0 aromatic heterocycles. The van der Waals surface area contributed by atoms with Crippen molar-refractivity contribution in [3.05, 3.63) is 34.4 Å². The molecule has 0 amide bonds. The minimum Gasteiger partial charge on any atom is -0.465 e. The van der Waals surface area contributed by atoms with Crippen molar-refractivity contribution in [2.45, 2.75) is 40.5 Å². The standard InChI is InChI=1S/C17H22O4/c1-5-20-15(18)17(16(19)21-6-2)9-13-7-11(3)12(4)8-14(13)10-17/h7-8H,5-6,9-10H2,1-4H3. The Bertz CT molecular complexity index is 523. The van der Waals surface area contributed by atoms with Crippen LogP contribution in [0.25, 0.3) is 0 Å². The third-order valence-corrected chi connectivity index (χ3v) is 4.13. The van der Waals surface area contributed by atoms with Gasteiger partial charge in [-0.15, -0.1) is 0 Å². The highest BCUT2D eigenvalue weighted by Crippen LogP contribution is 2.40. The highest BCUT2D eigenvalue weighted by Gasteiger charge is 2.52. The Balaban J connectivity index is 2.41. The molecule has 0 bridgehead atoms. The van der Waals surface area contributed by atoms with Crippen LogP contribution in [0, 0.1) is 19.3 Å². The molecule has 2 rings (SSSR count). The second-order valence-corrected chi connectivity index (χ2v) is 5.58. The van der Waals surface area contributed by atoms with Crippen LogP contribution < -0.4 is 0 Å². The summed E-state index contributed by atoms with van der Waals surface area (Å²) in [7, 11) is 0. The van der Waals surface area contributed by atoms with Gasteiger partial charge in [0.05, 0.1) is 13.2 Å². The van der Waals surface area contributed by atoms with Crippen LogP contribution in [0.4, 0.5) is 0 Å². The van der Waals surface area contributed by atoms with Crippen LogP contribution in [0.5, 0.6) is 0 Å². The molecular formula is C17H22O4. The highest BCUT2D eigenvalue weighted by atomic mass is 16.6. The van der Waals surface area contributed by atoms with Gasteiger partial charge in [-0.25, -0.2) is 0 Å². The molecule has 0 atom stereocenters. The van der Waals surface area contributed by atoms with E-state index >= 15 is 0 Å². The molecule has 1 aromatic rings. The number of fused-ring (bicyclic) bond motifs is 1.